The predicted molar refractivity (Wildman–Crippen MR) is 94.4 cm³/mol. The SMILES string of the molecule is O=S(=O)(c1cccc2ccccc12)N1CCC(c2cccs2)C1. The normalized spacial score (nSPS) is 19.4. The summed E-state index contributed by atoms with van der Waals surface area (Å²) in [6.45, 7) is 1.17. The van der Waals surface area contributed by atoms with Crippen LogP contribution in [0.25, 0.3) is 10.8 Å². The second-order valence-electron chi connectivity index (χ2n) is 5.84. The Kier molecular flexibility index (Phi) is 3.71. The highest BCUT2D eigenvalue weighted by molar-refractivity contribution is 7.89. The summed E-state index contributed by atoms with van der Waals surface area (Å²) in [4.78, 5) is 1.70. The minimum absolute atomic E-state index is 0.319. The van der Waals surface area contributed by atoms with E-state index >= 15 is 0 Å². The van der Waals surface area contributed by atoms with Crippen molar-refractivity contribution in [2.75, 3.05) is 13.1 Å². The van der Waals surface area contributed by atoms with Crippen LogP contribution in [0.15, 0.2) is 64.9 Å². The molecule has 5 heteroatoms. The molecule has 0 N–H and O–H groups in total. The van der Waals surface area contributed by atoms with Crippen LogP contribution in [0.3, 0.4) is 0 Å². The van der Waals surface area contributed by atoms with Crippen LogP contribution in [-0.2, 0) is 10.0 Å². The molecular weight excluding hydrogens is 326 g/mol. The van der Waals surface area contributed by atoms with Gasteiger partial charge in [0, 0.05) is 29.3 Å². The van der Waals surface area contributed by atoms with Crippen molar-refractivity contribution in [1.82, 2.24) is 4.31 Å². The Labute approximate surface area is 140 Å². The zero-order valence-electron chi connectivity index (χ0n) is 12.6. The van der Waals surface area contributed by atoms with Gasteiger partial charge in [-0.1, -0.05) is 42.5 Å². The summed E-state index contributed by atoms with van der Waals surface area (Å²) in [5, 5.41) is 3.81. The molecule has 23 heavy (non-hydrogen) atoms. The third kappa shape index (κ3) is 2.59. The van der Waals surface area contributed by atoms with E-state index in [0.29, 0.717) is 23.9 Å². The standard InChI is InChI=1S/C18H17NO2S2/c20-23(21,18-9-3-6-14-5-1-2-7-16(14)18)19-11-10-15(13-19)17-8-4-12-22-17/h1-9,12,15H,10-11,13H2. The summed E-state index contributed by atoms with van der Waals surface area (Å²) in [5.74, 6) is 0.319. The van der Waals surface area contributed by atoms with Gasteiger partial charge in [0.25, 0.3) is 0 Å². The van der Waals surface area contributed by atoms with Crippen LogP contribution >= 0.6 is 11.3 Å². The molecule has 1 unspecified atom stereocenters. The third-order valence-corrected chi connectivity index (χ3v) is 7.42. The molecule has 1 atom stereocenters. The summed E-state index contributed by atoms with van der Waals surface area (Å²) < 4.78 is 27.8. The van der Waals surface area contributed by atoms with E-state index < -0.39 is 10.0 Å². The van der Waals surface area contributed by atoms with E-state index in [-0.39, 0.29) is 0 Å². The van der Waals surface area contributed by atoms with E-state index in [1.54, 1.807) is 21.7 Å². The van der Waals surface area contributed by atoms with Crippen LogP contribution in [0.1, 0.15) is 17.2 Å². The zero-order valence-corrected chi connectivity index (χ0v) is 14.2. The first-order chi connectivity index (χ1) is 11.2. The monoisotopic (exact) mass is 343 g/mol. The third-order valence-electron chi connectivity index (χ3n) is 4.46. The number of hydrogen-bond donors (Lipinski definition) is 0. The van der Waals surface area contributed by atoms with Gasteiger partial charge >= 0.3 is 0 Å². The zero-order chi connectivity index (χ0) is 15.9. The van der Waals surface area contributed by atoms with Crippen molar-refractivity contribution in [3.8, 4) is 0 Å². The lowest BCUT2D eigenvalue weighted by atomic mass is 10.1. The van der Waals surface area contributed by atoms with E-state index in [4.69, 9.17) is 0 Å². The first-order valence-corrected chi connectivity index (χ1v) is 9.99. The largest absolute Gasteiger partial charge is 0.243 e. The molecule has 1 aliphatic rings. The molecule has 0 spiro atoms. The minimum Gasteiger partial charge on any atom is -0.207 e. The van der Waals surface area contributed by atoms with Crippen LogP contribution in [0.2, 0.25) is 0 Å². The number of sulfonamides is 1. The van der Waals surface area contributed by atoms with Crippen LogP contribution in [0, 0.1) is 0 Å². The maximum absolute atomic E-state index is 13.1. The average Bonchev–Trinajstić information content (AvgIpc) is 3.25. The Morgan fingerprint density at radius 1 is 1.00 bits per heavy atom. The number of hydrogen-bond acceptors (Lipinski definition) is 3. The van der Waals surface area contributed by atoms with Gasteiger partial charge in [-0.15, -0.1) is 11.3 Å². The van der Waals surface area contributed by atoms with Crippen molar-refractivity contribution in [2.24, 2.45) is 0 Å². The maximum Gasteiger partial charge on any atom is 0.243 e. The number of thiophene rings is 1. The molecule has 0 radical (unpaired) electrons. The van der Waals surface area contributed by atoms with Gasteiger partial charge in [0.05, 0.1) is 4.90 Å². The minimum atomic E-state index is -3.45. The molecule has 4 rings (SSSR count). The highest BCUT2D eigenvalue weighted by Crippen LogP contribution is 2.34. The van der Waals surface area contributed by atoms with E-state index in [1.165, 1.54) is 4.88 Å². The van der Waals surface area contributed by atoms with Crippen molar-refractivity contribution in [3.63, 3.8) is 0 Å². The molecule has 1 aliphatic heterocycles. The number of rotatable bonds is 3. The Balaban J connectivity index is 1.70. The van der Waals surface area contributed by atoms with Crippen LogP contribution in [0.4, 0.5) is 0 Å². The van der Waals surface area contributed by atoms with Crippen LogP contribution < -0.4 is 0 Å². The van der Waals surface area contributed by atoms with Gasteiger partial charge in [0.15, 0.2) is 0 Å². The van der Waals surface area contributed by atoms with Gasteiger partial charge in [-0.3, -0.25) is 0 Å². The first kappa shape index (κ1) is 14.9. The molecule has 1 aromatic heterocycles. The lowest BCUT2D eigenvalue weighted by Gasteiger charge is -2.18. The summed E-state index contributed by atoms with van der Waals surface area (Å²) in [6, 6.07) is 17.3. The van der Waals surface area contributed by atoms with Gasteiger partial charge in [-0.05, 0) is 29.3 Å². The molecule has 0 amide bonds. The molecular formula is C18H17NO2S2. The molecule has 118 valence electrons. The summed E-state index contributed by atoms with van der Waals surface area (Å²) in [6.07, 6.45) is 0.893. The molecule has 0 aliphatic carbocycles. The van der Waals surface area contributed by atoms with Crippen molar-refractivity contribution < 1.29 is 8.42 Å². The quantitative estimate of drug-likeness (QED) is 0.718. The number of nitrogens with zero attached hydrogens (tertiary/aromatic N) is 1. The first-order valence-electron chi connectivity index (χ1n) is 7.67. The molecule has 3 aromatic rings. The maximum atomic E-state index is 13.1. The Morgan fingerprint density at radius 3 is 2.65 bits per heavy atom. The Bertz CT molecular complexity index is 927. The lowest BCUT2D eigenvalue weighted by molar-refractivity contribution is 0.474. The van der Waals surface area contributed by atoms with Crippen LogP contribution in [0.5, 0.6) is 0 Å². The van der Waals surface area contributed by atoms with E-state index in [1.807, 2.05) is 42.5 Å². The summed E-state index contributed by atoms with van der Waals surface area (Å²) in [5.41, 5.74) is 0. The summed E-state index contributed by atoms with van der Waals surface area (Å²) in [7, 11) is -3.45. The Morgan fingerprint density at radius 2 is 1.83 bits per heavy atom. The highest BCUT2D eigenvalue weighted by atomic mass is 32.2. The topological polar surface area (TPSA) is 37.4 Å². The molecule has 1 saturated heterocycles. The highest BCUT2D eigenvalue weighted by Gasteiger charge is 2.34. The molecule has 1 fully saturated rings. The van der Waals surface area contributed by atoms with Crippen molar-refractivity contribution in [2.45, 2.75) is 17.2 Å². The smallest absolute Gasteiger partial charge is 0.207 e. The molecule has 0 saturated carbocycles. The lowest BCUT2D eigenvalue weighted by Crippen LogP contribution is -2.28. The summed E-state index contributed by atoms with van der Waals surface area (Å²) >= 11 is 1.71. The van der Waals surface area contributed by atoms with E-state index in [2.05, 4.69) is 11.4 Å². The Hall–Kier alpha value is -1.69. The molecule has 3 nitrogen and oxygen atoms in total. The average molecular weight is 343 g/mol. The molecule has 2 heterocycles. The van der Waals surface area contributed by atoms with Crippen LogP contribution in [-0.4, -0.2) is 25.8 Å². The van der Waals surface area contributed by atoms with Gasteiger partial charge in [0.1, 0.15) is 0 Å². The van der Waals surface area contributed by atoms with Gasteiger partial charge in [-0.25, -0.2) is 8.42 Å². The van der Waals surface area contributed by atoms with Gasteiger partial charge < -0.3 is 0 Å². The van der Waals surface area contributed by atoms with Crippen molar-refractivity contribution in [1.29, 1.82) is 0 Å². The molecule has 0 bridgehead atoms. The molecule has 2 aromatic carbocycles. The van der Waals surface area contributed by atoms with Crippen molar-refractivity contribution in [3.05, 3.63) is 64.9 Å². The van der Waals surface area contributed by atoms with Gasteiger partial charge in [-0.2, -0.15) is 4.31 Å². The second kappa shape index (κ2) is 5.74. The van der Waals surface area contributed by atoms with E-state index in [0.717, 1.165) is 17.2 Å². The second-order valence-corrected chi connectivity index (χ2v) is 8.73. The number of fused-ring (bicyclic) bond motifs is 1. The number of benzene rings is 2. The van der Waals surface area contributed by atoms with Gasteiger partial charge in [0.2, 0.25) is 10.0 Å². The fourth-order valence-electron chi connectivity index (χ4n) is 3.26. The fourth-order valence-corrected chi connectivity index (χ4v) is 5.83. The fraction of sp³-hybridized carbons (Fsp3) is 0.222. The van der Waals surface area contributed by atoms with Crippen molar-refractivity contribution >= 4 is 32.1 Å². The predicted octanol–water partition coefficient (Wildman–Crippen LogP) is 4.08. The van der Waals surface area contributed by atoms with E-state index in [9.17, 15) is 8.42 Å².